The number of alkyl halides is 3. The molecule has 6 nitrogen and oxygen atoms in total. The van der Waals surface area contributed by atoms with Gasteiger partial charge in [0, 0.05) is 11.3 Å². The smallest absolute Gasteiger partial charge is 0.419 e. The molecular weight excluding hydrogens is 406 g/mol. The Bertz CT molecular complexity index is 1020. The van der Waals surface area contributed by atoms with E-state index >= 15 is 0 Å². The van der Waals surface area contributed by atoms with Gasteiger partial charge in [-0.1, -0.05) is 6.07 Å². The van der Waals surface area contributed by atoms with Crippen LogP contribution in [0.5, 0.6) is 5.75 Å². The number of halogens is 4. The van der Waals surface area contributed by atoms with Gasteiger partial charge in [0.05, 0.1) is 10.5 Å². The first-order valence-electron chi connectivity index (χ1n) is 7.67. The number of rotatable bonds is 6. The zero-order valence-corrected chi connectivity index (χ0v) is 15.4. The number of sulfonamides is 1. The highest BCUT2D eigenvalue weighted by molar-refractivity contribution is 7.92. The molecule has 0 saturated heterocycles. The first-order valence-corrected chi connectivity index (χ1v) is 9.15. The number of hydrogen-bond donors (Lipinski definition) is 2. The summed E-state index contributed by atoms with van der Waals surface area (Å²) in [5.41, 5.74) is -1.55. The van der Waals surface area contributed by atoms with Gasteiger partial charge in [-0.15, -0.1) is 0 Å². The molecule has 28 heavy (non-hydrogen) atoms. The topological polar surface area (TPSA) is 92.7 Å². The molecule has 0 aliphatic heterocycles. The van der Waals surface area contributed by atoms with E-state index in [0.29, 0.717) is 17.7 Å². The minimum Gasteiger partial charge on any atom is -0.481 e. The van der Waals surface area contributed by atoms with Crippen LogP contribution in [0.2, 0.25) is 0 Å². The van der Waals surface area contributed by atoms with E-state index in [1.54, 1.807) is 6.92 Å². The third kappa shape index (κ3) is 4.71. The van der Waals surface area contributed by atoms with Gasteiger partial charge in [0.1, 0.15) is 11.6 Å². The van der Waals surface area contributed by atoms with E-state index in [1.165, 1.54) is 19.1 Å². The highest BCUT2D eigenvalue weighted by atomic mass is 32.2. The van der Waals surface area contributed by atoms with Crippen molar-refractivity contribution in [2.24, 2.45) is 0 Å². The van der Waals surface area contributed by atoms with Gasteiger partial charge in [0.15, 0.2) is 6.61 Å². The van der Waals surface area contributed by atoms with E-state index in [0.717, 1.165) is 6.07 Å². The molecule has 0 aliphatic rings. The van der Waals surface area contributed by atoms with Crippen LogP contribution in [0, 0.1) is 19.7 Å². The van der Waals surface area contributed by atoms with Crippen LogP contribution < -0.4 is 9.46 Å². The monoisotopic (exact) mass is 421 g/mol. The number of anilines is 1. The summed E-state index contributed by atoms with van der Waals surface area (Å²) in [5.74, 6) is -2.78. The summed E-state index contributed by atoms with van der Waals surface area (Å²) in [6.07, 6.45) is -5.00. The van der Waals surface area contributed by atoms with Crippen molar-refractivity contribution in [3.63, 3.8) is 0 Å². The molecule has 0 bridgehead atoms. The zero-order valence-electron chi connectivity index (χ0n) is 14.6. The fraction of sp³-hybridized carbons (Fsp3) is 0.235. The maximum atomic E-state index is 13.4. The molecule has 0 aliphatic carbocycles. The molecule has 0 saturated carbocycles. The molecule has 2 N–H and O–H groups in total. The summed E-state index contributed by atoms with van der Waals surface area (Å²) in [6, 6.07) is 4.27. The number of aliphatic carboxylic acids is 1. The highest BCUT2D eigenvalue weighted by Crippen LogP contribution is 2.34. The van der Waals surface area contributed by atoms with Crippen LogP contribution in [-0.4, -0.2) is 26.1 Å². The molecule has 0 heterocycles. The van der Waals surface area contributed by atoms with Crippen LogP contribution in [0.4, 0.5) is 23.2 Å². The summed E-state index contributed by atoms with van der Waals surface area (Å²) in [6.45, 7) is 2.24. The minimum atomic E-state index is -5.00. The Morgan fingerprint density at radius 1 is 1.18 bits per heavy atom. The summed E-state index contributed by atoms with van der Waals surface area (Å²) >= 11 is 0. The lowest BCUT2D eigenvalue weighted by molar-refractivity contribution is -0.140. The van der Waals surface area contributed by atoms with Gasteiger partial charge in [-0.2, -0.15) is 13.2 Å². The molecule has 0 radical (unpaired) electrons. The summed E-state index contributed by atoms with van der Waals surface area (Å²) in [7, 11) is -4.36. The van der Waals surface area contributed by atoms with E-state index in [-0.39, 0.29) is 16.2 Å². The van der Waals surface area contributed by atoms with Crippen molar-refractivity contribution in [1.29, 1.82) is 0 Å². The molecule has 11 heteroatoms. The SMILES string of the molecule is Cc1ccc(S(=O)(=O)Nc2ccc(F)c(C(F)(F)F)c2)c(C)c1OCC(=O)O. The van der Waals surface area contributed by atoms with Crippen LogP contribution in [0.1, 0.15) is 16.7 Å². The molecule has 0 aromatic heterocycles. The maximum Gasteiger partial charge on any atom is 0.419 e. The van der Waals surface area contributed by atoms with Gasteiger partial charge in [-0.05, 0) is 43.7 Å². The van der Waals surface area contributed by atoms with E-state index < -0.39 is 45.8 Å². The lowest BCUT2D eigenvalue weighted by Gasteiger charge is -2.16. The third-order valence-electron chi connectivity index (χ3n) is 3.71. The lowest BCUT2D eigenvalue weighted by Crippen LogP contribution is -2.17. The Labute approximate surface area is 157 Å². The molecule has 0 atom stereocenters. The Morgan fingerprint density at radius 3 is 2.39 bits per heavy atom. The lowest BCUT2D eigenvalue weighted by atomic mass is 10.1. The first-order chi connectivity index (χ1) is 12.8. The van der Waals surface area contributed by atoms with E-state index in [2.05, 4.69) is 0 Å². The Balaban J connectivity index is 2.43. The van der Waals surface area contributed by atoms with Gasteiger partial charge < -0.3 is 9.84 Å². The predicted octanol–water partition coefficient (Wildman–Crippen LogP) is 3.73. The second-order valence-electron chi connectivity index (χ2n) is 5.82. The van der Waals surface area contributed by atoms with Crippen LogP contribution >= 0.6 is 0 Å². The largest absolute Gasteiger partial charge is 0.481 e. The van der Waals surface area contributed by atoms with Gasteiger partial charge in [-0.25, -0.2) is 17.6 Å². The van der Waals surface area contributed by atoms with Gasteiger partial charge in [-0.3, -0.25) is 4.72 Å². The van der Waals surface area contributed by atoms with Crippen molar-refractivity contribution in [3.8, 4) is 5.75 Å². The second-order valence-corrected chi connectivity index (χ2v) is 7.47. The van der Waals surface area contributed by atoms with Crippen molar-refractivity contribution in [2.75, 3.05) is 11.3 Å². The Morgan fingerprint density at radius 2 is 1.82 bits per heavy atom. The maximum absolute atomic E-state index is 13.4. The molecule has 0 fully saturated rings. The summed E-state index contributed by atoms with van der Waals surface area (Å²) < 4.78 is 84.1. The number of aryl methyl sites for hydroxylation is 1. The van der Waals surface area contributed by atoms with Crippen LogP contribution in [0.25, 0.3) is 0 Å². The van der Waals surface area contributed by atoms with Crippen molar-refractivity contribution in [3.05, 3.63) is 52.8 Å². The number of hydrogen-bond acceptors (Lipinski definition) is 4. The van der Waals surface area contributed by atoms with Crippen molar-refractivity contribution in [2.45, 2.75) is 24.9 Å². The molecule has 0 amide bonds. The molecule has 152 valence electrons. The Hall–Kier alpha value is -2.82. The van der Waals surface area contributed by atoms with Crippen molar-refractivity contribution < 1.29 is 40.6 Å². The fourth-order valence-electron chi connectivity index (χ4n) is 2.47. The standard InChI is InChI=1S/C17H15F4NO5S/c1-9-3-6-14(10(2)16(9)27-8-15(23)24)28(25,26)22-11-4-5-13(18)12(7-11)17(19,20)21/h3-7,22H,8H2,1-2H3,(H,23,24). The van der Waals surface area contributed by atoms with Crippen LogP contribution in [0.3, 0.4) is 0 Å². The van der Waals surface area contributed by atoms with Crippen LogP contribution in [0.15, 0.2) is 35.2 Å². The van der Waals surface area contributed by atoms with Gasteiger partial charge >= 0.3 is 12.1 Å². The zero-order chi connectivity index (χ0) is 21.3. The number of ether oxygens (including phenoxy) is 1. The normalized spacial score (nSPS) is 11.9. The van der Waals surface area contributed by atoms with Crippen LogP contribution in [-0.2, 0) is 21.0 Å². The molecular formula is C17H15F4NO5S. The number of carbonyl (C=O) groups is 1. The molecule has 0 unspecified atom stereocenters. The van der Waals surface area contributed by atoms with Crippen molar-refractivity contribution in [1.82, 2.24) is 0 Å². The quantitative estimate of drug-likeness (QED) is 0.694. The highest BCUT2D eigenvalue weighted by Gasteiger charge is 2.34. The van der Waals surface area contributed by atoms with E-state index in [9.17, 15) is 30.8 Å². The van der Waals surface area contributed by atoms with E-state index in [4.69, 9.17) is 9.84 Å². The number of benzene rings is 2. The second kappa shape index (κ2) is 7.66. The third-order valence-corrected chi connectivity index (χ3v) is 5.23. The predicted molar refractivity (Wildman–Crippen MR) is 91.3 cm³/mol. The fourth-order valence-corrected chi connectivity index (χ4v) is 3.76. The number of nitrogens with one attached hydrogen (secondary N) is 1. The molecule has 0 spiro atoms. The number of carboxylic acids is 1. The average molecular weight is 421 g/mol. The first kappa shape index (κ1) is 21.5. The Kier molecular flexibility index (Phi) is 5.88. The summed E-state index contributed by atoms with van der Waals surface area (Å²) in [4.78, 5) is 10.4. The van der Waals surface area contributed by atoms with E-state index in [1.807, 2.05) is 4.72 Å². The van der Waals surface area contributed by atoms with Gasteiger partial charge in [0.25, 0.3) is 10.0 Å². The van der Waals surface area contributed by atoms with Crippen molar-refractivity contribution >= 4 is 21.7 Å². The summed E-state index contributed by atoms with van der Waals surface area (Å²) in [5, 5.41) is 8.72. The minimum absolute atomic E-state index is 0.0281. The molecule has 2 rings (SSSR count). The average Bonchev–Trinajstić information content (AvgIpc) is 2.54. The van der Waals surface area contributed by atoms with Gasteiger partial charge in [0.2, 0.25) is 0 Å². The molecule has 2 aromatic carbocycles. The number of carboxylic acid groups (broad SMARTS) is 1. The molecule has 2 aromatic rings.